The topological polar surface area (TPSA) is 64.7 Å². The van der Waals surface area contributed by atoms with Crippen molar-refractivity contribution >= 4 is 11.1 Å². The average molecular weight is 811 g/mol. The highest BCUT2D eigenvalue weighted by Gasteiger charge is 2.53. The van der Waals surface area contributed by atoms with Gasteiger partial charge in [-0.1, -0.05) is 98.8 Å². The Kier molecular flexibility index (Phi) is 7.47. The van der Waals surface area contributed by atoms with Gasteiger partial charge in [0.1, 0.15) is 5.52 Å². The normalized spacial score (nSPS) is 30.5. The first kappa shape index (κ1) is 36.1. The van der Waals surface area contributed by atoms with Crippen molar-refractivity contribution < 1.29 is 4.42 Å². The van der Waals surface area contributed by atoms with E-state index in [4.69, 9.17) is 24.4 Å². The molecule has 0 N–H and O–H groups in total. The van der Waals surface area contributed by atoms with Gasteiger partial charge in [-0.3, -0.25) is 0 Å². The largest absolute Gasteiger partial charge is 0.443 e. The third kappa shape index (κ3) is 5.32. The molecule has 0 spiro atoms. The summed E-state index contributed by atoms with van der Waals surface area (Å²) >= 11 is 0. The lowest BCUT2D eigenvalue weighted by molar-refractivity contribution is -0.00530. The number of oxazole rings is 1. The SMILES string of the molecule is CC1(C)c2ccccc2-c2ccc(-c3ccc(-c4nc(-c5ccc(C67CC8CC(CC(C8)C6)C7)cc5)nc(-c5ccc(C67CC8CC(CC(C8)C6)C7)cc5)n4)c4ncoc34)cc21. The van der Waals surface area contributed by atoms with Gasteiger partial charge >= 0.3 is 0 Å². The average Bonchev–Trinajstić information content (AvgIpc) is 3.86. The quantitative estimate of drug-likeness (QED) is 0.167. The van der Waals surface area contributed by atoms with Crippen LogP contribution in [0.25, 0.3) is 67.5 Å². The summed E-state index contributed by atoms with van der Waals surface area (Å²) in [6.45, 7) is 4.66. The van der Waals surface area contributed by atoms with Crippen molar-refractivity contribution in [1.82, 2.24) is 19.9 Å². The maximum Gasteiger partial charge on any atom is 0.182 e. The van der Waals surface area contributed by atoms with Crippen LogP contribution in [-0.2, 0) is 16.2 Å². The lowest BCUT2D eigenvalue weighted by atomic mass is 9.48. The predicted octanol–water partition coefficient (Wildman–Crippen LogP) is 13.9. The van der Waals surface area contributed by atoms with Gasteiger partial charge in [0, 0.05) is 27.7 Å². The highest BCUT2D eigenvalue weighted by molar-refractivity contribution is 5.99. The molecule has 9 aliphatic carbocycles. The van der Waals surface area contributed by atoms with E-state index >= 15 is 0 Å². The van der Waals surface area contributed by atoms with Crippen molar-refractivity contribution in [3.63, 3.8) is 0 Å². The lowest BCUT2D eigenvalue weighted by Gasteiger charge is -2.57. The Labute approximate surface area is 364 Å². The fourth-order valence-electron chi connectivity index (χ4n) is 15.9. The van der Waals surface area contributed by atoms with Gasteiger partial charge in [-0.2, -0.15) is 0 Å². The molecule has 62 heavy (non-hydrogen) atoms. The van der Waals surface area contributed by atoms with Crippen LogP contribution in [0.2, 0.25) is 0 Å². The summed E-state index contributed by atoms with van der Waals surface area (Å²) in [4.78, 5) is 20.7. The summed E-state index contributed by atoms with van der Waals surface area (Å²) < 4.78 is 6.27. The van der Waals surface area contributed by atoms with E-state index in [1.807, 2.05) is 0 Å². The van der Waals surface area contributed by atoms with Crippen LogP contribution in [0.5, 0.6) is 0 Å². The Morgan fingerprint density at radius 3 is 1.45 bits per heavy atom. The molecule has 308 valence electrons. The van der Waals surface area contributed by atoms with Crippen molar-refractivity contribution in [3.05, 3.63) is 132 Å². The summed E-state index contributed by atoms with van der Waals surface area (Å²) in [5.41, 5.74) is 15.6. The monoisotopic (exact) mass is 810 g/mol. The van der Waals surface area contributed by atoms with Crippen LogP contribution < -0.4 is 0 Å². The van der Waals surface area contributed by atoms with E-state index in [9.17, 15) is 0 Å². The summed E-state index contributed by atoms with van der Waals surface area (Å²) in [5, 5.41) is 0. The molecule has 0 unspecified atom stereocenters. The molecule has 5 nitrogen and oxygen atoms in total. The molecular weight excluding hydrogens is 757 g/mol. The Morgan fingerprint density at radius 2 is 0.903 bits per heavy atom. The zero-order valence-electron chi connectivity index (χ0n) is 36.0. The highest BCUT2D eigenvalue weighted by atomic mass is 16.3. The second-order valence-corrected chi connectivity index (χ2v) is 22.0. The van der Waals surface area contributed by atoms with Gasteiger partial charge in [-0.15, -0.1) is 0 Å². The summed E-state index contributed by atoms with van der Waals surface area (Å²) in [6.07, 6.45) is 18.5. The first-order valence-corrected chi connectivity index (χ1v) is 23.9. The van der Waals surface area contributed by atoms with Crippen LogP contribution in [0.3, 0.4) is 0 Å². The molecular formula is C57H54N4O. The van der Waals surface area contributed by atoms with Gasteiger partial charge in [0.2, 0.25) is 0 Å². The minimum atomic E-state index is -0.0963. The van der Waals surface area contributed by atoms with Crippen molar-refractivity contribution in [2.75, 3.05) is 0 Å². The summed E-state index contributed by atoms with van der Waals surface area (Å²) in [7, 11) is 0. The van der Waals surface area contributed by atoms with Gasteiger partial charge in [-0.05, 0) is 181 Å². The zero-order valence-corrected chi connectivity index (χ0v) is 36.0. The molecule has 0 amide bonds. The molecule has 0 radical (unpaired) electrons. The Bertz CT molecular complexity index is 2780. The lowest BCUT2D eigenvalue weighted by Crippen LogP contribution is -2.48. The Balaban J connectivity index is 0.862. The second kappa shape index (κ2) is 12.8. The van der Waals surface area contributed by atoms with E-state index in [-0.39, 0.29) is 5.41 Å². The number of hydrogen-bond acceptors (Lipinski definition) is 5. The predicted molar refractivity (Wildman–Crippen MR) is 246 cm³/mol. The van der Waals surface area contributed by atoms with E-state index < -0.39 is 0 Å². The van der Waals surface area contributed by atoms with Crippen LogP contribution in [-0.4, -0.2) is 19.9 Å². The third-order valence-corrected chi connectivity index (χ3v) is 17.8. The number of fused-ring (bicyclic) bond motifs is 4. The fourth-order valence-corrected chi connectivity index (χ4v) is 15.9. The van der Waals surface area contributed by atoms with Gasteiger partial charge in [-0.25, -0.2) is 19.9 Å². The van der Waals surface area contributed by atoms with Crippen LogP contribution in [0, 0.1) is 35.5 Å². The molecule has 9 aliphatic rings. The first-order valence-electron chi connectivity index (χ1n) is 23.9. The molecule has 0 aliphatic heterocycles. The van der Waals surface area contributed by atoms with Gasteiger partial charge in [0.25, 0.3) is 0 Å². The van der Waals surface area contributed by atoms with Crippen molar-refractivity contribution in [1.29, 1.82) is 0 Å². The van der Waals surface area contributed by atoms with E-state index in [2.05, 4.69) is 117 Å². The minimum absolute atomic E-state index is 0.0963. The van der Waals surface area contributed by atoms with Crippen LogP contribution in [0.15, 0.2) is 114 Å². The Morgan fingerprint density at radius 1 is 0.452 bits per heavy atom. The van der Waals surface area contributed by atoms with Crippen molar-refractivity contribution in [3.8, 4) is 56.4 Å². The van der Waals surface area contributed by atoms with E-state index in [0.29, 0.717) is 28.3 Å². The maximum atomic E-state index is 6.27. The second-order valence-electron chi connectivity index (χ2n) is 22.0. The fraction of sp³-hybridized carbons (Fsp3) is 0.404. The molecule has 2 heterocycles. The number of hydrogen-bond donors (Lipinski definition) is 0. The van der Waals surface area contributed by atoms with Gasteiger partial charge in [0.05, 0.1) is 0 Å². The summed E-state index contributed by atoms with van der Waals surface area (Å²) in [6, 6.07) is 38.8. The molecule has 0 saturated heterocycles. The maximum absolute atomic E-state index is 6.27. The van der Waals surface area contributed by atoms with Crippen LogP contribution >= 0.6 is 0 Å². The molecule has 7 aromatic rings. The molecule has 16 rings (SSSR count). The number of aromatic nitrogens is 4. The van der Waals surface area contributed by atoms with E-state index in [0.717, 1.165) is 74.4 Å². The number of benzene rings is 5. The van der Waals surface area contributed by atoms with Crippen molar-refractivity contribution in [2.45, 2.75) is 107 Å². The zero-order chi connectivity index (χ0) is 41.0. The smallest absolute Gasteiger partial charge is 0.182 e. The molecule has 8 saturated carbocycles. The molecule has 8 fully saturated rings. The van der Waals surface area contributed by atoms with Gasteiger partial charge < -0.3 is 4.42 Å². The summed E-state index contributed by atoms with van der Waals surface area (Å²) in [5.74, 6) is 7.50. The molecule has 2 aromatic heterocycles. The van der Waals surface area contributed by atoms with Crippen LogP contribution in [0.4, 0.5) is 0 Å². The number of nitrogens with zero attached hydrogens (tertiary/aromatic N) is 4. The molecule has 5 aromatic carbocycles. The van der Waals surface area contributed by atoms with E-state index in [1.165, 1.54) is 110 Å². The standard InChI is InChI=1S/C57H54N4O/c1-55(2)48-6-4-3-5-45(48)46-16-11-41(25-49(46)55)44-17-18-47(50-51(44)62-32-58-50)54-60-52(39-7-12-42(13-8-39)56-26-33-19-34(27-56)21-35(20-33)28-56)59-53(61-54)40-9-14-43(15-10-40)57-29-36-22-37(30-57)24-38(23-36)31-57/h3-18,25,32-38H,19-24,26-31H2,1-2H3. The van der Waals surface area contributed by atoms with Crippen LogP contribution in [0.1, 0.15) is 113 Å². The number of rotatable bonds is 6. The van der Waals surface area contributed by atoms with Gasteiger partial charge in [0.15, 0.2) is 29.4 Å². The Hall–Kier alpha value is -5.42. The van der Waals surface area contributed by atoms with Crippen molar-refractivity contribution in [2.24, 2.45) is 35.5 Å². The minimum Gasteiger partial charge on any atom is -0.443 e. The first-order chi connectivity index (χ1) is 30.3. The molecule has 8 bridgehead atoms. The molecule has 0 atom stereocenters. The highest BCUT2D eigenvalue weighted by Crippen LogP contribution is 2.62. The molecule has 5 heteroatoms. The van der Waals surface area contributed by atoms with E-state index in [1.54, 1.807) is 6.39 Å². The third-order valence-electron chi connectivity index (χ3n) is 17.8.